The Morgan fingerprint density at radius 1 is 0.339 bits per heavy atom. The fourth-order valence-corrected chi connectivity index (χ4v) is 8.38. The van der Waals surface area contributed by atoms with E-state index in [9.17, 15) is 51.9 Å². The Balaban J connectivity index is 1.50. The summed E-state index contributed by atoms with van der Waals surface area (Å²) in [6.45, 7) is 0. The number of rotatable bonds is 4. The summed E-state index contributed by atoms with van der Waals surface area (Å²) in [5.74, 6) is -0.486. The third-order valence-corrected chi connectivity index (χ3v) is 12.3. The monoisotopic (exact) mass is 834 g/mol. The van der Waals surface area contributed by atoms with E-state index in [1.807, 2.05) is 0 Å². The van der Waals surface area contributed by atoms with Gasteiger partial charge in [-0.1, -0.05) is 0 Å². The van der Waals surface area contributed by atoms with E-state index in [2.05, 4.69) is 39.9 Å². The number of aromatic nitrogens is 8. The van der Waals surface area contributed by atoms with Crippen molar-refractivity contribution in [2.75, 3.05) is 0 Å². The number of hydrogen-bond donors (Lipinski definition) is 6. The topological polar surface area (TPSA) is 326 Å². The van der Waals surface area contributed by atoms with Crippen LogP contribution in [0.5, 0.6) is 0 Å². The van der Waals surface area contributed by atoms with Crippen LogP contribution in [0, 0.1) is 0 Å². The van der Waals surface area contributed by atoms with Crippen molar-refractivity contribution in [2.45, 2.75) is 19.6 Å². The lowest BCUT2D eigenvalue weighted by Crippen LogP contribution is -1.98. The molecular formula is C32H18N8O12S4. The molecule has 24 heteroatoms. The molecule has 7 aromatic rings. The van der Waals surface area contributed by atoms with Crippen molar-refractivity contribution in [3.8, 4) is 45.6 Å². The van der Waals surface area contributed by atoms with Crippen molar-refractivity contribution in [3.05, 3.63) is 72.8 Å². The van der Waals surface area contributed by atoms with Crippen LogP contribution in [-0.4, -0.2) is 91.8 Å². The first kappa shape index (κ1) is 35.6. The third-order valence-electron chi connectivity index (χ3n) is 8.91. The van der Waals surface area contributed by atoms with Gasteiger partial charge in [0.25, 0.3) is 40.5 Å². The molecule has 0 fully saturated rings. The number of nitrogens with zero attached hydrogens (tertiary/aromatic N) is 6. The molecule has 8 bridgehead atoms. The van der Waals surface area contributed by atoms with Gasteiger partial charge in [-0.05, 0) is 72.8 Å². The van der Waals surface area contributed by atoms with Gasteiger partial charge in [0.2, 0.25) is 0 Å². The van der Waals surface area contributed by atoms with Crippen LogP contribution in [0.2, 0.25) is 0 Å². The Hall–Kier alpha value is -6.12. The summed E-state index contributed by atoms with van der Waals surface area (Å²) in [4.78, 5) is 31.4. The van der Waals surface area contributed by atoms with Gasteiger partial charge in [-0.15, -0.1) is 0 Å². The average Bonchev–Trinajstić information content (AvgIpc) is 3.84. The van der Waals surface area contributed by atoms with E-state index in [0.29, 0.717) is 0 Å². The molecule has 0 atom stereocenters. The van der Waals surface area contributed by atoms with Crippen LogP contribution in [0.1, 0.15) is 0 Å². The molecular weight excluding hydrogens is 817 g/mol. The fraction of sp³-hybridized carbons (Fsp3) is 0. The number of fused-ring (bicyclic) bond motifs is 20. The largest absolute Gasteiger partial charge is 0.324 e. The predicted octanol–water partition coefficient (Wildman–Crippen LogP) is 3.86. The van der Waals surface area contributed by atoms with Gasteiger partial charge < -0.3 is 9.97 Å². The number of nitrogens with one attached hydrogen (secondary N) is 2. The molecule has 4 aromatic carbocycles. The molecule has 0 aliphatic carbocycles. The number of hydrogen-bond acceptors (Lipinski definition) is 14. The first-order valence-corrected chi connectivity index (χ1v) is 21.3. The van der Waals surface area contributed by atoms with Crippen LogP contribution in [-0.2, 0) is 40.5 Å². The summed E-state index contributed by atoms with van der Waals surface area (Å²) in [5, 5.41) is 0.655. The molecule has 0 spiro atoms. The second-order valence-corrected chi connectivity index (χ2v) is 18.0. The molecule has 0 saturated heterocycles. The molecule has 0 radical (unpaired) electrons. The Kier molecular flexibility index (Phi) is 7.43. The van der Waals surface area contributed by atoms with E-state index in [0.717, 1.165) is 48.5 Å². The lowest BCUT2D eigenvalue weighted by atomic mass is 10.1. The highest BCUT2D eigenvalue weighted by Crippen LogP contribution is 2.39. The first-order chi connectivity index (χ1) is 26.2. The lowest BCUT2D eigenvalue weighted by Gasteiger charge is -2.02. The second kappa shape index (κ2) is 11.7. The molecule has 2 aliphatic rings. The predicted molar refractivity (Wildman–Crippen MR) is 195 cm³/mol. The molecule has 5 heterocycles. The van der Waals surface area contributed by atoms with Crippen LogP contribution >= 0.6 is 0 Å². The highest BCUT2D eigenvalue weighted by Gasteiger charge is 2.26. The summed E-state index contributed by atoms with van der Waals surface area (Å²) in [7, 11) is -19.0. The van der Waals surface area contributed by atoms with Gasteiger partial charge in [-0.3, -0.25) is 18.2 Å². The van der Waals surface area contributed by atoms with E-state index in [1.165, 1.54) is 24.3 Å². The van der Waals surface area contributed by atoms with E-state index < -0.39 is 60.1 Å². The summed E-state index contributed by atoms with van der Waals surface area (Å²) >= 11 is 0. The maximum atomic E-state index is 12.2. The zero-order valence-corrected chi connectivity index (χ0v) is 30.6. The van der Waals surface area contributed by atoms with E-state index in [-0.39, 0.29) is 89.7 Å². The SMILES string of the molecule is O=S(=O)(O)c1ccc2c(c1)-c1nc-2nc2[nH]c(nc3nc(nc4[nH]c(n1)c1cc(S(=O)(=O)O)ccc41)-c1ccc(S(=O)(=O)O)cc1-3)c1cc(S(=O)(=O)O)ccc21. The van der Waals surface area contributed by atoms with Gasteiger partial charge in [0.05, 0.1) is 19.6 Å². The summed E-state index contributed by atoms with van der Waals surface area (Å²) < 4.78 is 137. The number of H-pyrrole nitrogens is 2. The van der Waals surface area contributed by atoms with E-state index >= 15 is 0 Å². The van der Waals surface area contributed by atoms with Crippen molar-refractivity contribution >= 4 is 84.6 Å². The maximum absolute atomic E-state index is 12.2. The molecule has 6 N–H and O–H groups in total. The zero-order valence-electron chi connectivity index (χ0n) is 27.3. The summed E-state index contributed by atoms with van der Waals surface area (Å²) in [6.07, 6.45) is 0. The summed E-state index contributed by atoms with van der Waals surface area (Å²) in [6, 6.07) is 14.1. The van der Waals surface area contributed by atoms with E-state index in [1.54, 1.807) is 0 Å². The minimum absolute atomic E-state index is 0.0161. The van der Waals surface area contributed by atoms with Crippen molar-refractivity contribution < 1.29 is 51.9 Å². The Morgan fingerprint density at radius 2 is 0.625 bits per heavy atom. The standard InChI is InChI=1S/C32H18N8O12S4/c41-53(42,43)13-1-5-17-21(9-13)29-35-25(17)33-26-18-6-2-14(54(44,45)46)10-22(18)31(36-26)40-32-24-12-16(56(50,51)52)4-8-20(24)28(38-32)34-27-19-7-3-15(55(47,48)49)11-23(19)30(37-27)39-29/h1-12H,(H,41,42,43)(H,44,45,46)(H,47,48,49)(H,50,51,52)(H2,33,34,35,36,37,38,39,40). The normalized spacial score (nSPS) is 13.2. The third kappa shape index (κ3) is 5.87. The average molecular weight is 835 g/mol. The molecule has 0 unspecified atom stereocenters. The molecule has 56 heavy (non-hydrogen) atoms. The summed E-state index contributed by atoms with van der Waals surface area (Å²) in [5.41, 5.74) is 0.408. The quantitative estimate of drug-likeness (QED) is 0.137. The van der Waals surface area contributed by atoms with Gasteiger partial charge in [0.1, 0.15) is 22.6 Å². The lowest BCUT2D eigenvalue weighted by molar-refractivity contribution is 0.481. The van der Waals surface area contributed by atoms with Crippen LogP contribution in [0.15, 0.2) is 92.4 Å². The first-order valence-electron chi connectivity index (χ1n) is 15.5. The Morgan fingerprint density at radius 3 is 0.964 bits per heavy atom. The Bertz CT molecular complexity index is 3370. The zero-order chi connectivity index (χ0) is 39.7. The maximum Gasteiger partial charge on any atom is 0.294 e. The van der Waals surface area contributed by atoms with Crippen LogP contribution in [0.3, 0.4) is 0 Å². The molecule has 9 rings (SSSR count). The minimum Gasteiger partial charge on any atom is -0.324 e. The van der Waals surface area contributed by atoms with Crippen molar-refractivity contribution in [1.29, 1.82) is 0 Å². The molecule has 0 amide bonds. The highest BCUT2D eigenvalue weighted by molar-refractivity contribution is 7.86. The number of benzene rings is 4. The van der Waals surface area contributed by atoms with Gasteiger partial charge in [0, 0.05) is 43.8 Å². The van der Waals surface area contributed by atoms with Crippen LogP contribution in [0.25, 0.3) is 89.7 Å². The van der Waals surface area contributed by atoms with Gasteiger partial charge in [-0.2, -0.15) is 33.7 Å². The smallest absolute Gasteiger partial charge is 0.294 e. The van der Waals surface area contributed by atoms with Gasteiger partial charge in [0.15, 0.2) is 23.3 Å². The molecule has 282 valence electrons. The highest BCUT2D eigenvalue weighted by atomic mass is 32.2. The minimum atomic E-state index is -4.74. The van der Waals surface area contributed by atoms with Crippen LogP contribution < -0.4 is 0 Å². The van der Waals surface area contributed by atoms with Crippen molar-refractivity contribution in [2.24, 2.45) is 0 Å². The van der Waals surface area contributed by atoms with Crippen LogP contribution in [0.4, 0.5) is 0 Å². The second-order valence-electron chi connectivity index (χ2n) is 12.3. The van der Waals surface area contributed by atoms with E-state index in [4.69, 9.17) is 0 Å². The fourth-order valence-electron chi connectivity index (χ4n) is 6.35. The molecule has 3 aromatic heterocycles. The molecule has 0 saturated carbocycles. The van der Waals surface area contributed by atoms with Crippen molar-refractivity contribution in [3.63, 3.8) is 0 Å². The van der Waals surface area contributed by atoms with Crippen molar-refractivity contribution in [1.82, 2.24) is 39.9 Å². The Labute approximate surface area is 313 Å². The molecule has 2 aliphatic heterocycles. The molecule has 20 nitrogen and oxygen atoms in total. The number of aromatic amines is 2. The van der Waals surface area contributed by atoms with Gasteiger partial charge in [-0.25, -0.2) is 29.9 Å². The van der Waals surface area contributed by atoms with Gasteiger partial charge >= 0.3 is 0 Å².